The van der Waals surface area contributed by atoms with E-state index in [4.69, 9.17) is 5.11 Å². The van der Waals surface area contributed by atoms with Crippen LogP contribution in [0.5, 0.6) is 0 Å². The maximum Gasteiger partial charge on any atom is 0.273 e. The Morgan fingerprint density at radius 2 is 2.35 bits per heavy atom. The van der Waals surface area contributed by atoms with Crippen molar-refractivity contribution < 1.29 is 9.90 Å². The van der Waals surface area contributed by atoms with Gasteiger partial charge in [0.1, 0.15) is 12.3 Å². The van der Waals surface area contributed by atoms with Gasteiger partial charge in [-0.2, -0.15) is 0 Å². The molecule has 0 saturated heterocycles. The van der Waals surface area contributed by atoms with Gasteiger partial charge in [-0.05, 0) is 12.1 Å². The highest BCUT2D eigenvalue weighted by Gasteiger charge is 2.17. The van der Waals surface area contributed by atoms with Crippen LogP contribution < -0.4 is 0 Å². The van der Waals surface area contributed by atoms with Crippen LogP contribution in [0.3, 0.4) is 0 Å². The lowest BCUT2D eigenvalue weighted by molar-refractivity contribution is 0.0777. The van der Waals surface area contributed by atoms with Crippen molar-refractivity contribution in [1.82, 2.24) is 14.9 Å². The molecule has 0 aliphatic heterocycles. The summed E-state index contributed by atoms with van der Waals surface area (Å²) in [5.74, 6) is 5.04. The average Bonchev–Trinajstić information content (AvgIpc) is 2.97. The summed E-state index contributed by atoms with van der Waals surface area (Å²) in [7, 11) is 1.69. The lowest BCUT2D eigenvalue weighted by atomic mass is 10.1. The third-order valence-corrected chi connectivity index (χ3v) is 3.18. The van der Waals surface area contributed by atoms with Crippen LogP contribution in [0.4, 0.5) is 0 Å². The van der Waals surface area contributed by atoms with E-state index < -0.39 is 0 Å². The van der Waals surface area contributed by atoms with Crippen molar-refractivity contribution in [3.8, 4) is 11.8 Å². The molecule has 20 heavy (non-hydrogen) atoms. The van der Waals surface area contributed by atoms with E-state index in [0.29, 0.717) is 12.1 Å². The van der Waals surface area contributed by atoms with Crippen molar-refractivity contribution in [3.05, 3.63) is 46.2 Å². The lowest BCUT2D eigenvalue weighted by Crippen LogP contribution is -2.27. The second-order valence-electron chi connectivity index (χ2n) is 4.00. The summed E-state index contributed by atoms with van der Waals surface area (Å²) in [6, 6.07) is 3.41. The van der Waals surface area contributed by atoms with Gasteiger partial charge in [-0.3, -0.25) is 4.79 Å². The van der Waals surface area contributed by atoms with Crippen molar-refractivity contribution in [2.75, 3.05) is 13.7 Å². The minimum absolute atomic E-state index is 0.221. The maximum atomic E-state index is 12.4. The first-order valence-corrected chi connectivity index (χ1v) is 6.84. The van der Waals surface area contributed by atoms with Gasteiger partial charge in [0.25, 0.3) is 5.91 Å². The van der Waals surface area contributed by atoms with Crippen molar-refractivity contribution in [2.24, 2.45) is 0 Å². The third kappa shape index (κ3) is 3.41. The number of aliphatic hydroxyl groups is 1. The van der Waals surface area contributed by atoms with Crippen LogP contribution in [0.25, 0.3) is 0 Å². The second kappa shape index (κ2) is 6.80. The van der Waals surface area contributed by atoms with Crippen LogP contribution in [0.2, 0.25) is 0 Å². The van der Waals surface area contributed by atoms with Gasteiger partial charge in [0.15, 0.2) is 0 Å². The smallest absolute Gasteiger partial charge is 0.273 e. The minimum Gasteiger partial charge on any atom is -0.384 e. The molecule has 2 aromatic rings. The number of rotatable bonds is 3. The Balaban J connectivity index is 2.20. The number of aromatic nitrogens is 2. The fourth-order valence-electron chi connectivity index (χ4n) is 1.62. The Bertz CT molecular complexity index is 644. The molecular weight excluding hydrogens is 274 g/mol. The Labute approximate surface area is 120 Å². The van der Waals surface area contributed by atoms with E-state index in [-0.39, 0.29) is 18.2 Å². The number of pyridine rings is 1. The molecule has 0 saturated carbocycles. The highest BCUT2D eigenvalue weighted by molar-refractivity contribution is 7.07. The molecule has 1 amide bonds. The molecule has 2 aromatic heterocycles. The molecule has 0 bridgehead atoms. The number of thiazole rings is 1. The van der Waals surface area contributed by atoms with E-state index in [1.165, 1.54) is 11.3 Å². The topological polar surface area (TPSA) is 66.3 Å². The second-order valence-corrected chi connectivity index (χ2v) is 4.72. The number of hydrogen-bond acceptors (Lipinski definition) is 5. The monoisotopic (exact) mass is 287 g/mol. The zero-order valence-electron chi connectivity index (χ0n) is 10.9. The van der Waals surface area contributed by atoms with E-state index >= 15 is 0 Å². The van der Waals surface area contributed by atoms with Crippen molar-refractivity contribution in [1.29, 1.82) is 0 Å². The van der Waals surface area contributed by atoms with Crippen LogP contribution >= 0.6 is 11.3 Å². The fourth-order valence-corrected chi connectivity index (χ4v) is 2.17. The van der Waals surface area contributed by atoms with Gasteiger partial charge in [0.05, 0.1) is 23.3 Å². The molecule has 6 heteroatoms. The molecular formula is C14H13N3O2S. The zero-order valence-corrected chi connectivity index (χ0v) is 11.7. The van der Waals surface area contributed by atoms with Gasteiger partial charge in [-0.25, -0.2) is 9.97 Å². The van der Waals surface area contributed by atoms with Crippen LogP contribution in [0.1, 0.15) is 21.7 Å². The maximum absolute atomic E-state index is 12.4. The molecule has 0 fully saturated rings. The molecule has 0 spiro atoms. The van der Waals surface area contributed by atoms with Crippen LogP contribution in [-0.4, -0.2) is 39.5 Å². The van der Waals surface area contributed by atoms with Crippen LogP contribution in [0, 0.1) is 11.8 Å². The average molecular weight is 287 g/mol. The van der Waals surface area contributed by atoms with E-state index in [0.717, 1.165) is 5.69 Å². The van der Waals surface area contributed by atoms with Crippen LogP contribution in [0.15, 0.2) is 29.2 Å². The molecule has 2 rings (SSSR count). The van der Waals surface area contributed by atoms with Gasteiger partial charge in [0.2, 0.25) is 0 Å². The molecule has 2 heterocycles. The first-order valence-electron chi connectivity index (χ1n) is 5.89. The fraction of sp³-hybridized carbons (Fsp3) is 0.214. The zero-order chi connectivity index (χ0) is 14.4. The summed E-state index contributed by atoms with van der Waals surface area (Å²) in [4.78, 5) is 22.1. The lowest BCUT2D eigenvalue weighted by Gasteiger charge is -2.16. The Morgan fingerprint density at radius 3 is 3.05 bits per heavy atom. The molecule has 0 unspecified atom stereocenters. The minimum atomic E-state index is -0.253. The van der Waals surface area contributed by atoms with E-state index in [9.17, 15) is 4.79 Å². The number of carbonyl (C=O) groups excluding carboxylic acids is 1. The molecule has 1 N–H and O–H groups in total. The van der Waals surface area contributed by atoms with Crippen molar-refractivity contribution in [2.45, 2.75) is 6.54 Å². The standard InChI is InChI=1S/C14H13N3O2S/c1-17(8-12-9-20-10-16-12)14(19)13-11(5-3-7-18)4-2-6-15-13/h2,4,6,9-10,18H,7-8H2,1H3. The number of nitrogens with zero attached hydrogens (tertiary/aromatic N) is 3. The van der Waals surface area contributed by atoms with Gasteiger partial charge in [0, 0.05) is 18.6 Å². The van der Waals surface area contributed by atoms with E-state index in [1.807, 2.05) is 5.38 Å². The summed E-state index contributed by atoms with van der Waals surface area (Å²) >= 11 is 1.49. The number of hydrogen-bond donors (Lipinski definition) is 1. The molecule has 5 nitrogen and oxygen atoms in total. The molecule has 102 valence electrons. The summed E-state index contributed by atoms with van der Waals surface area (Å²) in [5.41, 5.74) is 3.36. The van der Waals surface area contributed by atoms with Crippen molar-refractivity contribution >= 4 is 17.2 Å². The third-order valence-electron chi connectivity index (χ3n) is 2.54. The summed E-state index contributed by atoms with van der Waals surface area (Å²) in [6.07, 6.45) is 1.55. The van der Waals surface area contributed by atoms with Crippen molar-refractivity contribution in [3.63, 3.8) is 0 Å². The summed E-state index contributed by atoms with van der Waals surface area (Å²) < 4.78 is 0. The first kappa shape index (κ1) is 14.2. The van der Waals surface area contributed by atoms with Gasteiger partial charge in [-0.15, -0.1) is 11.3 Å². The van der Waals surface area contributed by atoms with Gasteiger partial charge >= 0.3 is 0 Å². The number of amides is 1. The van der Waals surface area contributed by atoms with Crippen LogP contribution in [-0.2, 0) is 6.54 Å². The Kier molecular flexibility index (Phi) is 4.82. The number of carbonyl (C=O) groups is 1. The normalized spacial score (nSPS) is 9.70. The molecule has 0 radical (unpaired) electrons. The predicted molar refractivity (Wildman–Crippen MR) is 76.1 cm³/mol. The largest absolute Gasteiger partial charge is 0.384 e. The Hall–Kier alpha value is -2.23. The van der Waals surface area contributed by atoms with Gasteiger partial charge < -0.3 is 10.0 Å². The van der Waals surface area contributed by atoms with Gasteiger partial charge in [-0.1, -0.05) is 11.8 Å². The summed E-state index contributed by atoms with van der Waals surface area (Å²) in [5, 5.41) is 10.6. The predicted octanol–water partition coefficient (Wildman–Crippen LogP) is 1.15. The molecule has 0 atom stereocenters. The first-order chi connectivity index (χ1) is 9.72. The molecule has 0 aromatic carbocycles. The van der Waals surface area contributed by atoms with E-state index in [1.54, 1.807) is 35.8 Å². The summed E-state index contributed by atoms with van der Waals surface area (Å²) in [6.45, 7) is 0.170. The Morgan fingerprint density at radius 1 is 1.50 bits per heavy atom. The molecule has 0 aliphatic rings. The molecule has 0 aliphatic carbocycles. The quantitative estimate of drug-likeness (QED) is 0.860. The SMILES string of the molecule is CN(Cc1cscn1)C(=O)c1ncccc1C#CCO. The number of aliphatic hydroxyl groups excluding tert-OH is 1. The highest BCUT2D eigenvalue weighted by Crippen LogP contribution is 2.10. The highest BCUT2D eigenvalue weighted by atomic mass is 32.1. The van der Waals surface area contributed by atoms with E-state index in [2.05, 4.69) is 21.8 Å².